The molecule has 1 unspecified atom stereocenters. The van der Waals surface area contributed by atoms with Gasteiger partial charge in [0.25, 0.3) is 0 Å². The molecular formula is C11H14F2N2O. The van der Waals surface area contributed by atoms with Crippen molar-refractivity contribution in [3.05, 3.63) is 17.4 Å². The van der Waals surface area contributed by atoms with Crippen molar-refractivity contribution in [3.8, 4) is 0 Å². The topological polar surface area (TPSA) is 29.3 Å². The first-order chi connectivity index (χ1) is 7.44. The van der Waals surface area contributed by atoms with Gasteiger partial charge in [0, 0.05) is 20.0 Å². The number of anilines is 1. The lowest BCUT2D eigenvalue weighted by Gasteiger charge is -2.22. The van der Waals surface area contributed by atoms with Gasteiger partial charge < -0.3 is 9.42 Å². The summed E-state index contributed by atoms with van der Waals surface area (Å²) in [5.41, 5.74) is -1.17. The maximum absolute atomic E-state index is 13.8. The molecule has 0 fully saturated rings. The van der Waals surface area contributed by atoms with E-state index in [2.05, 4.69) is 5.16 Å². The van der Waals surface area contributed by atoms with Crippen LogP contribution >= 0.6 is 0 Å². The van der Waals surface area contributed by atoms with Crippen LogP contribution in [0.3, 0.4) is 0 Å². The highest BCUT2D eigenvalue weighted by atomic mass is 19.1. The number of hydrogen-bond acceptors (Lipinski definition) is 3. The third-order valence-corrected chi connectivity index (χ3v) is 2.77. The van der Waals surface area contributed by atoms with E-state index < -0.39 is 11.5 Å². The normalized spacial score (nSPS) is 23.9. The maximum Gasteiger partial charge on any atom is 0.200 e. The van der Waals surface area contributed by atoms with Gasteiger partial charge in [0.15, 0.2) is 11.6 Å². The minimum absolute atomic E-state index is 0.0606. The van der Waals surface area contributed by atoms with Crippen molar-refractivity contribution in [1.82, 2.24) is 5.16 Å². The molecule has 0 bridgehead atoms. The number of aromatic nitrogens is 1. The molecule has 1 aromatic rings. The smallest absolute Gasteiger partial charge is 0.200 e. The Bertz CT molecular complexity index is 437. The molecule has 1 aromatic heterocycles. The van der Waals surface area contributed by atoms with Gasteiger partial charge in [0.2, 0.25) is 5.76 Å². The molecule has 16 heavy (non-hydrogen) atoms. The molecule has 1 atom stereocenters. The fourth-order valence-electron chi connectivity index (χ4n) is 1.82. The van der Waals surface area contributed by atoms with Crippen molar-refractivity contribution in [2.75, 3.05) is 18.5 Å². The van der Waals surface area contributed by atoms with E-state index in [9.17, 15) is 8.78 Å². The zero-order valence-corrected chi connectivity index (χ0v) is 9.55. The molecule has 1 aliphatic carbocycles. The molecule has 88 valence electrons. The second kappa shape index (κ2) is 3.57. The molecule has 0 aliphatic heterocycles. The van der Waals surface area contributed by atoms with E-state index in [-0.39, 0.29) is 12.2 Å². The van der Waals surface area contributed by atoms with Crippen LogP contribution in [0.15, 0.2) is 10.6 Å². The highest BCUT2D eigenvalue weighted by Gasteiger charge is 2.35. The Morgan fingerprint density at radius 1 is 1.62 bits per heavy atom. The summed E-state index contributed by atoms with van der Waals surface area (Å²) in [6, 6.07) is 0. The largest absolute Gasteiger partial charge is 0.357 e. The zero-order valence-electron chi connectivity index (χ0n) is 9.55. The lowest BCUT2D eigenvalue weighted by atomic mass is 9.92. The van der Waals surface area contributed by atoms with Crippen molar-refractivity contribution >= 4 is 11.6 Å². The number of rotatable bonds is 2. The first-order valence-electron chi connectivity index (χ1n) is 5.22. The van der Waals surface area contributed by atoms with Crippen LogP contribution in [0.4, 0.5) is 14.6 Å². The number of halogens is 2. The second-order valence-electron chi connectivity index (χ2n) is 4.28. The average molecular weight is 228 g/mol. The van der Waals surface area contributed by atoms with Crippen molar-refractivity contribution in [1.29, 1.82) is 0 Å². The van der Waals surface area contributed by atoms with Crippen LogP contribution in [0.2, 0.25) is 0 Å². The van der Waals surface area contributed by atoms with Crippen LogP contribution in [-0.2, 0) is 6.42 Å². The van der Waals surface area contributed by atoms with Crippen molar-refractivity contribution in [3.63, 3.8) is 0 Å². The van der Waals surface area contributed by atoms with E-state index in [4.69, 9.17) is 4.52 Å². The predicted molar refractivity (Wildman–Crippen MR) is 57.7 cm³/mol. The van der Waals surface area contributed by atoms with Crippen LogP contribution in [-0.4, -0.2) is 24.4 Å². The van der Waals surface area contributed by atoms with Crippen LogP contribution in [0.25, 0.3) is 5.83 Å². The number of nitrogens with zero attached hydrogens (tertiary/aromatic N) is 2. The molecule has 0 aromatic carbocycles. The summed E-state index contributed by atoms with van der Waals surface area (Å²) in [7, 11) is 1.81. The molecular weight excluding hydrogens is 214 g/mol. The van der Waals surface area contributed by atoms with Gasteiger partial charge in [0.1, 0.15) is 5.67 Å². The van der Waals surface area contributed by atoms with Gasteiger partial charge in [-0.05, 0) is 19.9 Å². The number of hydrogen-bond donors (Lipinski definition) is 0. The second-order valence-corrected chi connectivity index (χ2v) is 4.28. The highest BCUT2D eigenvalue weighted by molar-refractivity contribution is 5.67. The first kappa shape index (κ1) is 11.1. The molecule has 0 spiro atoms. The van der Waals surface area contributed by atoms with Gasteiger partial charge in [-0.3, -0.25) is 0 Å². The van der Waals surface area contributed by atoms with Gasteiger partial charge >= 0.3 is 0 Å². The summed E-state index contributed by atoms with van der Waals surface area (Å²) >= 11 is 0. The van der Waals surface area contributed by atoms with Gasteiger partial charge in [-0.25, -0.2) is 8.78 Å². The Morgan fingerprint density at radius 3 is 2.94 bits per heavy atom. The van der Waals surface area contributed by atoms with Crippen LogP contribution in [0, 0.1) is 0 Å². The molecule has 0 saturated carbocycles. The van der Waals surface area contributed by atoms with E-state index in [1.54, 1.807) is 4.90 Å². The van der Waals surface area contributed by atoms with Gasteiger partial charge in [0.05, 0.1) is 5.56 Å². The zero-order chi connectivity index (χ0) is 11.9. The number of allylic oxidation sites excluding steroid dienone is 1. The standard InChI is InChI=1S/C11H14F2N2O/c1-4-15(3)10-7-5-11(2,13)6-8(12)9(7)16-14-10/h6H,4-5H2,1-3H3. The molecule has 1 aliphatic rings. The predicted octanol–water partition coefficient (Wildman–Crippen LogP) is 2.73. The van der Waals surface area contributed by atoms with E-state index in [1.165, 1.54) is 6.92 Å². The number of fused-ring (bicyclic) bond motifs is 1. The summed E-state index contributed by atoms with van der Waals surface area (Å²) in [5.74, 6) is -0.0930. The SMILES string of the molecule is CCN(C)c1noc2c1CC(C)(F)C=C2F. The molecule has 3 nitrogen and oxygen atoms in total. The molecule has 5 heteroatoms. The molecule has 0 N–H and O–H groups in total. The summed E-state index contributed by atoms with van der Waals surface area (Å²) in [6.45, 7) is 3.98. The van der Waals surface area contributed by atoms with Crippen LogP contribution < -0.4 is 4.90 Å². The molecule has 0 amide bonds. The fraction of sp³-hybridized carbons (Fsp3) is 0.545. The minimum atomic E-state index is -1.67. The van der Waals surface area contributed by atoms with E-state index in [1.807, 2.05) is 14.0 Å². The highest BCUT2D eigenvalue weighted by Crippen LogP contribution is 2.38. The van der Waals surface area contributed by atoms with E-state index in [0.717, 1.165) is 6.08 Å². The third-order valence-electron chi connectivity index (χ3n) is 2.77. The van der Waals surface area contributed by atoms with Crippen molar-refractivity contribution in [2.45, 2.75) is 25.9 Å². The van der Waals surface area contributed by atoms with Crippen molar-refractivity contribution in [2.24, 2.45) is 0 Å². The molecule has 0 radical (unpaired) electrons. The number of alkyl halides is 1. The summed E-state index contributed by atoms with van der Waals surface area (Å²) < 4.78 is 32.3. The Morgan fingerprint density at radius 2 is 2.31 bits per heavy atom. The summed E-state index contributed by atoms with van der Waals surface area (Å²) in [5, 5.41) is 3.79. The van der Waals surface area contributed by atoms with Crippen molar-refractivity contribution < 1.29 is 13.3 Å². The lowest BCUT2D eigenvalue weighted by Crippen LogP contribution is -2.25. The first-order valence-corrected chi connectivity index (χ1v) is 5.22. The maximum atomic E-state index is 13.8. The quantitative estimate of drug-likeness (QED) is 0.779. The van der Waals surface area contributed by atoms with Gasteiger partial charge in [-0.15, -0.1) is 0 Å². The molecule has 1 heterocycles. The van der Waals surface area contributed by atoms with Gasteiger partial charge in [-0.1, -0.05) is 5.16 Å². The molecule has 0 saturated heterocycles. The summed E-state index contributed by atoms with van der Waals surface area (Å²) in [4.78, 5) is 1.80. The third kappa shape index (κ3) is 1.70. The Kier molecular flexibility index (Phi) is 2.48. The molecule has 2 rings (SSSR count). The fourth-order valence-corrected chi connectivity index (χ4v) is 1.82. The van der Waals surface area contributed by atoms with Crippen LogP contribution in [0.1, 0.15) is 25.2 Å². The Balaban J connectivity index is 2.48. The Hall–Kier alpha value is -1.39. The Labute approximate surface area is 92.7 Å². The van der Waals surface area contributed by atoms with Crippen LogP contribution in [0.5, 0.6) is 0 Å². The minimum Gasteiger partial charge on any atom is -0.357 e. The lowest BCUT2D eigenvalue weighted by molar-refractivity contribution is 0.249. The summed E-state index contributed by atoms with van der Waals surface area (Å²) in [6.07, 6.45) is 1.04. The average Bonchev–Trinajstić information content (AvgIpc) is 2.58. The monoisotopic (exact) mass is 228 g/mol. The van der Waals surface area contributed by atoms with E-state index in [0.29, 0.717) is 17.9 Å². The van der Waals surface area contributed by atoms with E-state index >= 15 is 0 Å². The van der Waals surface area contributed by atoms with Gasteiger partial charge in [-0.2, -0.15) is 0 Å².